The number of thiophene rings is 1. The summed E-state index contributed by atoms with van der Waals surface area (Å²) in [5.74, 6) is 0.494. The normalized spacial score (nSPS) is 15.0. The average Bonchev–Trinajstić information content (AvgIpc) is 3.51. The first-order valence-corrected chi connectivity index (χ1v) is 12.2. The van der Waals surface area contributed by atoms with Crippen LogP contribution >= 0.6 is 11.3 Å². The van der Waals surface area contributed by atoms with E-state index >= 15 is 0 Å². The van der Waals surface area contributed by atoms with Crippen molar-refractivity contribution in [1.29, 1.82) is 0 Å². The number of rotatable bonds is 8. The first-order chi connectivity index (χ1) is 16.7. The molecule has 1 aliphatic heterocycles. The molecule has 1 saturated heterocycles. The summed E-state index contributed by atoms with van der Waals surface area (Å²) in [6, 6.07) is 10.5. The van der Waals surface area contributed by atoms with Crippen molar-refractivity contribution in [3.05, 3.63) is 70.6 Å². The third kappa shape index (κ3) is 5.23. The molecule has 34 heavy (non-hydrogen) atoms. The van der Waals surface area contributed by atoms with Gasteiger partial charge in [0.1, 0.15) is 17.7 Å². The Balaban J connectivity index is 1.18. The van der Waals surface area contributed by atoms with Crippen molar-refractivity contribution < 1.29 is 9.18 Å². The van der Waals surface area contributed by atoms with Crippen LogP contribution in [0.3, 0.4) is 0 Å². The average molecular weight is 480 g/mol. The molecule has 1 amide bonds. The highest BCUT2D eigenvalue weighted by atomic mass is 32.1. The Morgan fingerprint density at radius 2 is 2.00 bits per heavy atom. The van der Waals surface area contributed by atoms with Crippen molar-refractivity contribution in [2.45, 2.75) is 25.4 Å². The largest absolute Gasteiger partial charge is 0.353 e. The highest BCUT2D eigenvalue weighted by Crippen LogP contribution is 2.22. The smallest absolute Gasteiger partial charge is 0.261 e. The van der Waals surface area contributed by atoms with Gasteiger partial charge in [-0.25, -0.2) is 19.3 Å². The van der Waals surface area contributed by atoms with Gasteiger partial charge in [0.2, 0.25) is 5.95 Å². The molecule has 0 aliphatic carbocycles. The van der Waals surface area contributed by atoms with Gasteiger partial charge in [0.15, 0.2) is 5.65 Å². The molecule has 0 spiro atoms. The lowest BCUT2D eigenvalue weighted by Crippen LogP contribution is -2.42. The topological polar surface area (TPSA) is 88.0 Å². The van der Waals surface area contributed by atoms with Crippen LogP contribution in [0.4, 0.5) is 10.3 Å². The quantitative estimate of drug-likeness (QED) is 0.403. The highest BCUT2D eigenvalue weighted by molar-refractivity contribution is 7.12. The molecule has 0 unspecified atom stereocenters. The lowest BCUT2D eigenvalue weighted by molar-refractivity contribution is 0.0950. The van der Waals surface area contributed by atoms with Crippen LogP contribution in [-0.4, -0.2) is 62.5 Å². The summed E-state index contributed by atoms with van der Waals surface area (Å²) < 4.78 is 15.4. The van der Waals surface area contributed by atoms with Gasteiger partial charge in [-0.3, -0.25) is 9.36 Å². The molecular formula is C24H26FN7OS. The Morgan fingerprint density at radius 1 is 1.18 bits per heavy atom. The number of fused-ring (bicyclic) bond motifs is 1. The minimum absolute atomic E-state index is 0.00490. The number of nitrogens with one attached hydrogen (secondary N) is 2. The van der Waals surface area contributed by atoms with E-state index < -0.39 is 0 Å². The molecule has 5 rings (SSSR count). The zero-order valence-corrected chi connectivity index (χ0v) is 19.5. The van der Waals surface area contributed by atoms with E-state index in [1.54, 1.807) is 18.3 Å². The highest BCUT2D eigenvalue weighted by Gasteiger charge is 2.22. The van der Waals surface area contributed by atoms with E-state index in [4.69, 9.17) is 4.98 Å². The van der Waals surface area contributed by atoms with Crippen LogP contribution in [0.1, 0.15) is 28.1 Å². The summed E-state index contributed by atoms with van der Waals surface area (Å²) in [5.41, 5.74) is 2.45. The zero-order valence-electron chi connectivity index (χ0n) is 18.7. The van der Waals surface area contributed by atoms with Crippen molar-refractivity contribution in [2.24, 2.45) is 0 Å². The van der Waals surface area contributed by atoms with Crippen LogP contribution in [0.5, 0.6) is 0 Å². The number of anilines is 1. The third-order valence-corrected chi connectivity index (χ3v) is 6.91. The number of benzene rings is 1. The van der Waals surface area contributed by atoms with Crippen molar-refractivity contribution in [1.82, 2.24) is 29.7 Å². The SMILES string of the molecule is O=C(NCCN1CCC(Nc2nc3cncnc3n2Cc2ccc(F)cc2)CC1)c1cccs1. The Kier molecular flexibility index (Phi) is 6.77. The molecule has 8 nitrogen and oxygen atoms in total. The third-order valence-electron chi connectivity index (χ3n) is 6.04. The molecule has 0 bridgehead atoms. The Morgan fingerprint density at radius 3 is 2.76 bits per heavy atom. The number of hydrogen-bond acceptors (Lipinski definition) is 7. The molecule has 3 aromatic heterocycles. The predicted octanol–water partition coefficient (Wildman–Crippen LogP) is 3.38. The minimum atomic E-state index is -0.252. The number of likely N-dealkylation sites (tertiary alicyclic amines) is 1. The Hall–Kier alpha value is -3.37. The Bertz CT molecular complexity index is 1230. The molecule has 10 heteroatoms. The van der Waals surface area contributed by atoms with Crippen molar-refractivity contribution in [3.63, 3.8) is 0 Å². The number of hydrogen-bond donors (Lipinski definition) is 2. The number of carbonyl (C=O) groups is 1. The molecule has 2 N–H and O–H groups in total. The fourth-order valence-corrected chi connectivity index (χ4v) is 4.86. The molecule has 0 atom stereocenters. The lowest BCUT2D eigenvalue weighted by Gasteiger charge is -2.32. The van der Waals surface area contributed by atoms with Gasteiger partial charge in [-0.15, -0.1) is 11.3 Å². The molecule has 1 fully saturated rings. The first-order valence-electron chi connectivity index (χ1n) is 11.4. The maximum atomic E-state index is 13.3. The molecule has 0 radical (unpaired) electrons. The van der Waals surface area contributed by atoms with E-state index in [1.807, 2.05) is 22.1 Å². The molecule has 4 aromatic rings. The predicted molar refractivity (Wildman–Crippen MR) is 131 cm³/mol. The van der Waals surface area contributed by atoms with Crippen LogP contribution in [0.25, 0.3) is 11.2 Å². The number of imidazole rings is 1. The second kappa shape index (κ2) is 10.3. The van der Waals surface area contributed by atoms with Crippen LogP contribution < -0.4 is 10.6 Å². The van der Waals surface area contributed by atoms with Gasteiger partial charge in [0.05, 0.1) is 17.6 Å². The van der Waals surface area contributed by atoms with Crippen LogP contribution in [0, 0.1) is 5.82 Å². The molecule has 1 aliphatic rings. The molecule has 0 saturated carbocycles. The fourth-order valence-electron chi connectivity index (χ4n) is 4.22. The fraction of sp³-hybridized carbons (Fsp3) is 0.333. The number of amides is 1. The Labute approximate surface area is 200 Å². The number of aromatic nitrogens is 4. The van der Waals surface area contributed by atoms with Gasteiger partial charge in [-0.05, 0) is 42.0 Å². The van der Waals surface area contributed by atoms with Gasteiger partial charge in [0.25, 0.3) is 5.91 Å². The van der Waals surface area contributed by atoms with Crippen molar-refractivity contribution in [2.75, 3.05) is 31.5 Å². The molecular weight excluding hydrogens is 453 g/mol. The summed E-state index contributed by atoms with van der Waals surface area (Å²) in [6.07, 6.45) is 5.18. The molecule has 176 valence electrons. The van der Waals surface area contributed by atoms with E-state index in [9.17, 15) is 9.18 Å². The maximum Gasteiger partial charge on any atom is 0.261 e. The van der Waals surface area contributed by atoms with Crippen LogP contribution in [0.2, 0.25) is 0 Å². The number of carbonyl (C=O) groups excluding carboxylic acids is 1. The van der Waals surface area contributed by atoms with Gasteiger partial charge in [0, 0.05) is 32.2 Å². The maximum absolute atomic E-state index is 13.3. The van der Waals surface area contributed by atoms with Gasteiger partial charge < -0.3 is 15.5 Å². The van der Waals surface area contributed by atoms with Gasteiger partial charge in [-0.1, -0.05) is 18.2 Å². The van der Waals surface area contributed by atoms with Gasteiger partial charge >= 0.3 is 0 Å². The number of nitrogens with zero attached hydrogens (tertiary/aromatic N) is 5. The summed E-state index contributed by atoms with van der Waals surface area (Å²) in [6.45, 7) is 3.91. The zero-order chi connectivity index (χ0) is 23.3. The first kappa shape index (κ1) is 22.4. The standard InChI is InChI=1S/C24H26FN7OS/c25-18-5-3-17(4-6-18)15-32-22-20(14-26-16-28-22)30-24(32)29-19-7-10-31(11-8-19)12-9-27-23(33)21-2-1-13-34-21/h1-6,13-14,16,19H,7-12,15H2,(H,27,33)(H,29,30). The summed E-state index contributed by atoms with van der Waals surface area (Å²) >= 11 is 1.45. The summed E-state index contributed by atoms with van der Waals surface area (Å²) in [7, 11) is 0. The van der Waals surface area contributed by atoms with E-state index in [1.165, 1.54) is 29.8 Å². The number of halogens is 1. The monoisotopic (exact) mass is 479 g/mol. The summed E-state index contributed by atoms with van der Waals surface area (Å²) in [5, 5.41) is 8.51. The molecule has 1 aromatic carbocycles. The van der Waals surface area contributed by atoms with E-state index in [0.717, 1.165) is 60.0 Å². The van der Waals surface area contributed by atoms with E-state index in [0.29, 0.717) is 13.1 Å². The van der Waals surface area contributed by atoms with Crippen LogP contribution in [0.15, 0.2) is 54.3 Å². The minimum Gasteiger partial charge on any atom is -0.353 e. The second-order valence-corrected chi connectivity index (χ2v) is 9.32. The summed E-state index contributed by atoms with van der Waals surface area (Å²) in [4.78, 5) is 28.5. The van der Waals surface area contributed by atoms with Crippen molar-refractivity contribution in [3.8, 4) is 0 Å². The van der Waals surface area contributed by atoms with E-state index in [-0.39, 0.29) is 17.8 Å². The second-order valence-electron chi connectivity index (χ2n) is 8.37. The number of piperidine rings is 1. The molecule has 4 heterocycles. The lowest BCUT2D eigenvalue weighted by atomic mass is 10.1. The van der Waals surface area contributed by atoms with Crippen LogP contribution in [-0.2, 0) is 6.54 Å². The van der Waals surface area contributed by atoms with Gasteiger partial charge in [-0.2, -0.15) is 0 Å². The van der Waals surface area contributed by atoms with E-state index in [2.05, 4.69) is 25.5 Å². The van der Waals surface area contributed by atoms with Crippen molar-refractivity contribution >= 4 is 34.4 Å².